The fourth-order valence-corrected chi connectivity index (χ4v) is 3.93. The highest BCUT2D eigenvalue weighted by molar-refractivity contribution is 5.00. The van der Waals surface area contributed by atoms with Crippen molar-refractivity contribution in [3.63, 3.8) is 0 Å². The van der Waals surface area contributed by atoms with E-state index in [4.69, 9.17) is 0 Å². The molecule has 0 aliphatic heterocycles. The van der Waals surface area contributed by atoms with Crippen molar-refractivity contribution in [3.05, 3.63) is 18.2 Å². The highest BCUT2D eigenvalue weighted by Gasteiger charge is 2.41. The van der Waals surface area contributed by atoms with Gasteiger partial charge in [-0.25, -0.2) is 4.98 Å². The highest BCUT2D eigenvalue weighted by atomic mass is 16.3. The molecule has 0 amide bonds. The third-order valence-electron chi connectivity index (χ3n) is 4.76. The van der Waals surface area contributed by atoms with Gasteiger partial charge in [-0.1, -0.05) is 33.6 Å². The van der Waals surface area contributed by atoms with Gasteiger partial charge in [-0.2, -0.15) is 0 Å². The van der Waals surface area contributed by atoms with Crippen molar-refractivity contribution < 1.29 is 5.11 Å². The Kier molecular flexibility index (Phi) is 5.25. The minimum Gasteiger partial charge on any atom is -0.392 e. The van der Waals surface area contributed by atoms with Crippen LogP contribution < -0.4 is 0 Å². The van der Waals surface area contributed by atoms with Gasteiger partial charge in [0.15, 0.2) is 0 Å². The van der Waals surface area contributed by atoms with Crippen LogP contribution in [0.4, 0.5) is 0 Å². The third kappa shape index (κ3) is 3.43. The fourth-order valence-electron chi connectivity index (χ4n) is 3.93. The average Bonchev–Trinajstić information content (AvgIpc) is 3.00. The lowest BCUT2D eigenvalue weighted by molar-refractivity contribution is 0.0115. The van der Waals surface area contributed by atoms with Gasteiger partial charge in [0.05, 0.1) is 6.10 Å². The lowest BCUT2D eigenvalue weighted by Crippen LogP contribution is -2.36. The molecular weight excluding hydrogens is 248 g/mol. The summed E-state index contributed by atoms with van der Waals surface area (Å²) in [6.45, 7) is 7.71. The molecule has 1 aliphatic carbocycles. The molecule has 1 heterocycles. The summed E-state index contributed by atoms with van der Waals surface area (Å²) in [7, 11) is 0. The number of rotatable bonds is 7. The SMILES string of the molecule is CCCn1ccnc1CC(O)C1(CC(C)C)CCCC1. The van der Waals surface area contributed by atoms with Crippen LogP contribution in [0.15, 0.2) is 12.4 Å². The third-order valence-corrected chi connectivity index (χ3v) is 4.76. The second-order valence-electron chi connectivity index (χ2n) is 6.92. The minimum atomic E-state index is -0.245. The summed E-state index contributed by atoms with van der Waals surface area (Å²) in [5.74, 6) is 1.70. The Morgan fingerprint density at radius 1 is 1.35 bits per heavy atom. The van der Waals surface area contributed by atoms with E-state index in [1.54, 1.807) is 0 Å². The maximum Gasteiger partial charge on any atom is 0.111 e. The number of aryl methyl sites for hydroxylation is 1. The summed E-state index contributed by atoms with van der Waals surface area (Å²) in [5, 5.41) is 10.9. The first-order valence-corrected chi connectivity index (χ1v) is 8.25. The Bertz CT molecular complexity index is 405. The summed E-state index contributed by atoms with van der Waals surface area (Å²) in [4.78, 5) is 4.46. The molecule has 1 saturated carbocycles. The van der Waals surface area contributed by atoms with Crippen molar-refractivity contribution >= 4 is 0 Å². The van der Waals surface area contributed by atoms with Gasteiger partial charge in [0.1, 0.15) is 5.82 Å². The number of aliphatic hydroxyl groups excluding tert-OH is 1. The summed E-state index contributed by atoms with van der Waals surface area (Å²) >= 11 is 0. The number of hydrogen-bond acceptors (Lipinski definition) is 2. The molecule has 0 spiro atoms. The average molecular weight is 278 g/mol. The zero-order chi connectivity index (χ0) is 14.6. The first-order chi connectivity index (χ1) is 9.57. The Hall–Kier alpha value is -0.830. The Labute approximate surface area is 123 Å². The van der Waals surface area contributed by atoms with Gasteiger partial charge in [-0.15, -0.1) is 0 Å². The predicted octanol–water partition coefficient (Wildman–Crippen LogP) is 3.80. The largest absolute Gasteiger partial charge is 0.392 e. The van der Waals surface area contributed by atoms with E-state index in [-0.39, 0.29) is 11.5 Å². The molecule has 1 aromatic rings. The molecule has 0 radical (unpaired) electrons. The lowest BCUT2D eigenvalue weighted by atomic mass is 9.73. The van der Waals surface area contributed by atoms with Crippen molar-refractivity contribution in [2.75, 3.05) is 0 Å². The lowest BCUT2D eigenvalue weighted by Gasteiger charge is -2.36. The van der Waals surface area contributed by atoms with E-state index in [0.717, 1.165) is 25.2 Å². The second kappa shape index (κ2) is 6.75. The molecule has 1 aliphatic rings. The smallest absolute Gasteiger partial charge is 0.111 e. The van der Waals surface area contributed by atoms with E-state index >= 15 is 0 Å². The van der Waals surface area contributed by atoms with Crippen LogP contribution in [0.25, 0.3) is 0 Å². The first kappa shape index (κ1) is 15.6. The van der Waals surface area contributed by atoms with E-state index < -0.39 is 0 Å². The van der Waals surface area contributed by atoms with Gasteiger partial charge in [0, 0.05) is 25.4 Å². The second-order valence-corrected chi connectivity index (χ2v) is 6.92. The van der Waals surface area contributed by atoms with Crippen LogP contribution in [0.5, 0.6) is 0 Å². The van der Waals surface area contributed by atoms with Crippen LogP contribution in [0.1, 0.15) is 65.1 Å². The van der Waals surface area contributed by atoms with Crippen molar-refractivity contribution in [1.29, 1.82) is 0 Å². The van der Waals surface area contributed by atoms with Crippen LogP contribution in [0.2, 0.25) is 0 Å². The van der Waals surface area contributed by atoms with Crippen molar-refractivity contribution in [3.8, 4) is 0 Å². The Morgan fingerprint density at radius 2 is 2.05 bits per heavy atom. The number of aromatic nitrogens is 2. The van der Waals surface area contributed by atoms with Crippen LogP contribution in [-0.2, 0) is 13.0 Å². The highest BCUT2D eigenvalue weighted by Crippen LogP contribution is 2.46. The fraction of sp³-hybridized carbons (Fsp3) is 0.824. The molecule has 0 bridgehead atoms. The maximum atomic E-state index is 10.9. The van der Waals surface area contributed by atoms with Gasteiger partial charge in [-0.05, 0) is 37.0 Å². The van der Waals surface area contributed by atoms with Crippen molar-refractivity contribution in [2.45, 2.75) is 78.4 Å². The molecule has 2 rings (SSSR count). The van der Waals surface area contributed by atoms with E-state index in [9.17, 15) is 5.11 Å². The molecule has 1 fully saturated rings. The minimum absolute atomic E-state index is 0.136. The molecule has 1 aromatic heterocycles. The van der Waals surface area contributed by atoms with Gasteiger partial charge < -0.3 is 9.67 Å². The van der Waals surface area contributed by atoms with Crippen LogP contribution in [0.3, 0.4) is 0 Å². The molecular formula is C17H30N2O. The summed E-state index contributed by atoms with van der Waals surface area (Å²) < 4.78 is 2.20. The van der Waals surface area contributed by atoms with Crippen LogP contribution >= 0.6 is 0 Å². The van der Waals surface area contributed by atoms with E-state index in [0.29, 0.717) is 12.3 Å². The molecule has 1 unspecified atom stereocenters. The van der Waals surface area contributed by atoms with E-state index in [1.165, 1.54) is 25.7 Å². The monoisotopic (exact) mass is 278 g/mol. The quantitative estimate of drug-likeness (QED) is 0.823. The van der Waals surface area contributed by atoms with Crippen LogP contribution in [-0.4, -0.2) is 20.8 Å². The van der Waals surface area contributed by atoms with E-state index in [1.807, 2.05) is 12.4 Å². The molecule has 1 N–H and O–H groups in total. The summed E-state index contributed by atoms with van der Waals surface area (Å²) in [6, 6.07) is 0. The molecule has 0 aromatic carbocycles. The normalized spacial score (nSPS) is 19.6. The molecule has 0 saturated heterocycles. The van der Waals surface area contributed by atoms with Gasteiger partial charge in [0.2, 0.25) is 0 Å². The van der Waals surface area contributed by atoms with Crippen molar-refractivity contribution in [1.82, 2.24) is 9.55 Å². The number of aliphatic hydroxyl groups is 1. The zero-order valence-electron chi connectivity index (χ0n) is 13.3. The van der Waals surface area contributed by atoms with Crippen LogP contribution in [0, 0.1) is 11.3 Å². The van der Waals surface area contributed by atoms with Gasteiger partial charge in [0.25, 0.3) is 0 Å². The Morgan fingerprint density at radius 3 is 2.65 bits per heavy atom. The number of nitrogens with zero attached hydrogens (tertiary/aromatic N) is 2. The maximum absolute atomic E-state index is 10.9. The van der Waals surface area contributed by atoms with Crippen molar-refractivity contribution in [2.24, 2.45) is 11.3 Å². The molecule has 20 heavy (non-hydrogen) atoms. The van der Waals surface area contributed by atoms with Gasteiger partial charge >= 0.3 is 0 Å². The number of hydrogen-bond donors (Lipinski definition) is 1. The molecule has 3 nitrogen and oxygen atoms in total. The zero-order valence-corrected chi connectivity index (χ0v) is 13.3. The Balaban J connectivity index is 2.08. The molecule has 3 heteroatoms. The topological polar surface area (TPSA) is 38.0 Å². The standard InChI is InChI=1S/C17H30N2O/c1-4-10-19-11-9-18-16(19)12-15(20)17(13-14(2)3)7-5-6-8-17/h9,11,14-15,20H,4-8,10,12-13H2,1-3H3. The predicted molar refractivity (Wildman–Crippen MR) is 82.6 cm³/mol. The number of imidazole rings is 1. The summed E-state index contributed by atoms with van der Waals surface area (Å²) in [5.41, 5.74) is 0.136. The molecule has 114 valence electrons. The van der Waals surface area contributed by atoms with Gasteiger partial charge in [-0.3, -0.25) is 0 Å². The first-order valence-electron chi connectivity index (χ1n) is 8.25. The summed E-state index contributed by atoms with van der Waals surface area (Å²) in [6.07, 6.45) is 11.5. The van der Waals surface area contributed by atoms with E-state index in [2.05, 4.69) is 30.3 Å². The molecule has 1 atom stereocenters.